The van der Waals surface area contributed by atoms with Crippen molar-refractivity contribution in [3.8, 4) is 0 Å². The topological polar surface area (TPSA) is 79.7 Å². The van der Waals surface area contributed by atoms with Gasteiger partial charge in [0.2, 0.25) is 0 Å². The summed E-state index contributed by atoms with van der Waals surface area (Å²) in [6.07, 6.45) is 1.31. The highest BCUT2D eigenvalue weighted by Crippen LogP contribution is 2.16. The number of carboxylic acid groups (broad SMARTS) is 1. The lowest BCUT2D eigenvalue weighted by molar-refractivity contribution is -0.139. The van der Waals surface area contributed by atoms with Crippen molar-refractivity contribution >= 4 is 23.5 Å². The highest BCUT2D eigenvalue weighted by Gasteiger charge is 2.29. The number of carboxylic acids is 1. The van der Waals surface area contributed by atoms with Gasteiger partial charge in [-0.1, -0.05) is 11.6 Å². The Bertz CT molecular complexity index is 494. The maximum atomic E-state index is 12.3. The first-order valence-electron chi connectivity index (χ1n) is 5.80. The molecule has 1 fully saturated rings. The molecule has 6 nitrogen and oxygen atoms in total. The Labute approximate surface area is 114 Å². The Hall–Kier alpha value is -1.66. The summed E-state index contributed by atoms with van der Waals surface area (Å²) in [5, 5.41) is 9.09. The second-order valence-electron chi connectivity index (χ2n) is 4.19. The first-order chi connectivity index (χ1) is 9.08. The average Bonchev–Trinajstić information content (AvgIpc) is 2.38. The lowest BCUT2D eigenvalue weighted by Crippen LogP contribution is -2.49. The molecule has 0 radical (unpaired) electrons. The van der Waals surface area contributed by atoms with Crippen molar-refractivity contribution in [1.29, 1.82) is 0 Å². The fourth-order valence-electron chi connectivity index (χ4n) is 1.99. The maximum Gasteiger partial charge on any atom is 0.305 e. The SMILES string of the molecule is O=C(O)CC1COCCN1C(=O)c1ccnc(Cl)c1. The predicted molar refractivity (Wildman–Crippen MR) is 67.1 cm³/mol. The van der Waals surface area contributed by atoms with E-state index in [1.807, 2.05) is 0 Å². The molecule has 1 atom stereocenters. The Morgan fingerprint density at radius 3 is 3.05 bits per heavy atom. The number of carbonyl (C=O) groups excluding carboxylic acids is 1. The molecule has 1 aliphatic rings. The Balaban J connectivity index is 2.17. The smallest absolute Gasteiger partial charge is 0.305 e. The summed E-state index contributed by atoms with van der Waals surface area (Å²) in [7, 11) is 0. The van der Waals surface area contributed by atoms with Crippen molar-refractivity contribution < 1.29 is 19.4 Å². The minimum Gasteiger partial charge on any atom is -0.481 e. The van der Waals surface area contributed by atoms with Crippen LogP contribution in [-0.2, 0) is 9.53 Å². The van der Waals surface area contributed by atoms with Crippen molar-refractivity contribution in [2.75, 3.05) is 19.8 Å². The second-order valence-corrected chi connectivity index (χ2v) is 4.58. The number of halogens is 1. The van der Waals surface area contributed by atoms with Crippen LogP contribution in [-0.4, -0.2) is 52.7 Å². The number of aliphatic carboxylic acids is 1. The lowest BCUT2D eigenvalue weighted by Gasteiger charge is -2.34. The number of hydrogen-bond donors (Lipinski definition) is 1. The summed E-state index contributed by atoms with van der Waals surface area (Å²) in [5.74, 6) is -1.21. The highest BCUT2D eigenvalue weighted by molar-refractivity contribution is 6.29. The molecular formula is C12H13ClN2O4. The molecule has 1 N–H and O–H groups in total. The molecule has 1 unspecified atom stereocenters. The first kappa shape index (κ1) is 13.8. The number of amides is 1. The summed E-state index contributed by atoms with van der Waals surface area (Å²) in [6, 6.07) is 2.57. The van der Waals surface area contributed by atoms with E-state index in [-0.39, 0.29) is 24.1 Å². The number of pyridine rings is 1. The summed E-state index contributed by atoms with van der Waals surface area (Å²) >= 11 is 5.75. The van der Waals surface area contributed by atoms with Crippen LogP contribution in [0.5, 0.6) is 0 Å². The number of ether oxygens (including phenoxy) is 1. The standard InChI is InChI=1S/C12H13ClN2O4/c13-10-5-8(1-2-14-10)12(18)15-3-4-19-7-9(15)6-11(16)17/h1-2,5,9H,3-4,6-7H2,(H,16,17). The van der Waals surface area contributed by atoms with Crippen molar-refractivity contribution in [3.63, 3.8) is 0 Å². The van der Waals surface area contributed by atoms with Crippen molar-refractivity contribution in [1.82, 2.24) is 9.88 Å². The Morgan fingerprint density at radius 1 is 1.58 bits per heavy atom. The molecule has 102 valence electrons. The molecule has 19 heavy (non-hydrogen) atoms. The minimum atomic E-state index is -0.957. The Kier molecular flexibility index (Phi) is 4.34. The van der Waals surface area contributed by atoms with Crippen LogP contribution in [0.25, 0.3) is 0 Å². The zero-order chi connectivity index (χ0) is 13.8. The third-order valence-corrected chi connectivity index (χ3v) is 3.08. The third kappa shape index (κ3) is 3.42. The third-order valence-electron chi connectivity index (χ3n) is 2.87. The van der Waals surface area contributed by atoms with Gasteiger partial charge in [0.05, 0.1) is 25.7 Å². The largest absolute Gasteiger partial charge is 0.481 e. The minimum absolute atomic E-state index is 0.134. The number of hydrogen-bond acceptors (Lipinski definition) is 4. The van der Waals surface area contributed by atoms with Gasteiger partial charge in [-0.3, -0.25) is 9.59 Å². The number of morpholine rings is 1. The van der Waals surface area contributed by atoms with Crippen molar-refractivity contribution in [2.24, 2.45) is 0 Å². The quantitative estimate of drug-likeness (QED) is 0.839. The molecule has 2 heterocycles. The van der Waals surface area contributed by atoms with Gasteiger partial charge < -0.3 is 14.7 Å². The molecule has 2 rings (SSSR count). The van der Waals surface area contributed by atoms with E-state index in [2.05, 4.69) is 4.98 Å². The molecule has 0 saturated carbocycles. The molecule has 1 saturated heterocycles. The summed E-state index contributed by atoms with van der Waals surface area (Å²) in [5.41, 5.74) is 0.400. The average molecular weight is 285 g/mol. The molecule has 0 aliphatic carbocycles. The summed E-state index contributed by atoms with van der Waals surface area (Å²) in [6.45, 7) is 1.01. The molecule has 7 heteroatoms. The molecule has 0 aromatic carbocycles. The van der Waals surface area contributed by atoms with Crippen LogP contribution in [0, 0.1) is 0 Å². The van der Waals surface area contributed by atoms with Gasteiger partial charge >= 0.3 is 5.97 Å². The van der Waals surface area contributed by atoms with Crippen LogP contribution in [0.4, 0.5) is 0 Å². The Morgan fingerprint density at radius 2 is 2.37 bits per heavy atom. The zero-order valence-electron chi connectivity index (χ0n) is 10.1. The van der Waals surface area contributed by atoms with Crippen LogP contribution in [0.3, 0.4) is 0 Å². The van der Waals surface area contributed by atoms with E-state index in [9.17, 15) is 9.59 Å². The predicted octanol–water partition coefficient (Wildman–Crippen LogP) is 1.05. The molecule has 1 aromatic rings. The molecule has 1 aliphatic heterocycles. The van der Waals surface area contributed by atoms with E-state index in [0.29, 0.717) is 18.7 Å². The van der Waals surface area contributed by atoms with Gasteiger partial charge in [-0.15, -0.1) is 0 Å². The van der Waals surface area contributed by atoms with Gasteiger partial charge in [0.15, 0.2) is 0 Å². The van der Waals surface area contributed by atoms with E-state index in [4.69, 9.17) is 21.4 Å². The van der Waals surface area contributed by atoms with E-state index in [1.165, 1.54) is 17.2 Å². The number of carbonyl (C=O) groups is 2. The second kappa shape index (κ2) is 5.99. The monoisotopic (exact) mass is 284 g/mol. The van der Waals surface area contributed by atoms with Gasteiger partial charge in [0, 0.05) is 18.3 Å². The normalized spacial score (nSPS) is 19.2. The van der Waals surface area contributed by atoms with Gasteiger partial charge in [0.1, 0.15) is 5.15 Å². The first-order valence-corrected chi connectivity index (χ1v) is 6.18. The molecular weight excluding hydrogens is 272 g/mol. The fourth-order valence-corrected chi connectivity index (χ4v) is 2.17. The molecule has 1 amide bonds. The molecule has 1 aromatic heterocycles. The van der Waals surface area contributed by atoms with Crippen molar-refractivity contribution in [3.05, 3.63) is 29.0 Å². The maximum absolute atomic E-state index is 12.3. The van der Waals surface area contributed by atoms with Crippen LogP contribution < -0.4 is 0 Å². The van der Waals surface area contributed by atoms with Gasteiger partial charge in [-0.05, 0) is 12.1 Å². The summed E-state index contributed by atoms with van der Waals surface area (Å²) in [4.78, 5) is 28.5. The summed E-state index contributed by atoms with van der Waals surface area (Å²) < 4.78 is 5.23. The van der Waals surface area contributed by atoms with Crippen LogP contribution >= 0.6 is 11.6 Å². The van der Waals surface area contributed by atoms with Crippen LogP contribution in [0.1, 0.15) is 16.8 Å². The van der Waals surface area contributed by atoms with Gasteiger partial charge in [-0.2, -0.15) is 0 Å². The lowest BCUT2D eigenvalue weighted by atomic mass is 10.1. The molecule has 0 spiro atoms. The van der Waals surface area contributed by atoms with Crippen LogP contribution in [0.2, 0.25) is 5.15 Å². The zero-order valence-corrected chi connectivity index (χ0v) is 10.8. The molecule has 0 bridgehead atoms. The van der Waals surface area contributed by atoms with E-state index in [0.717, 1.165) is 0 Å². The van der Waals surface area contributed by atoms with Crippen LogP contribution in [0.15, 0.2) is 18.3 Å². The van der Waals surface area contributed by atoms with E-state index in [1.54, 1.807) is 6.07 Å². The van der Waals surface area contributed by atoms with Crippen molar-refractivity contribution in [2.45, 2.75) is 12.5 Å². The van der Waals surface area contributed by atoms with Gasteiger partial charge in [0.25, 0.3) is 5.91 Å². The fraction of sp³-hybridized carbons (Fsp3) is 0.417. The van der Waals surface area contributed by atoms with E-state index < -0.39 is 12.0 Å². The number of rotatable bonds is 3. The van der Waals surface area contributed by atoms with E-state index >= 15 is 0 Å². The number of aromatic nitrogens is 1. The van der Waals surface area contributed by atoms with Gasteiger partial charge in [-0.25, -0.2) is 4.98 Å². The number of nitrogens with zero attached hydrogens (tertiary/aromatic N) is 2. The highest BCUT2D eigenvalue weighted by atomic mass is 35.5.